The van der Waals surface area contributed by atoms with Crippen molar-refractivity contribution in [2.24, 2.45) is 0 Å². The first-order valence-corrected chi connectivity index (χ1v) is 9.77. The molecule has 5 rings (SSSR count). The van der Waals surface area contributed by atoms with Gasteiger partial charge in [0.05, 0.1) is 5.69 Å². The molecule has 5 aromatic rings. The summed E-state index contributed by atoms with van der Waals surface area (Å²) < 4.78 is 14.6. The van der Waals surface area contributed by atoms with Crippen molar-refractivity contribution in [1.29, 1.82) is 0 Å². The van der Waals surface area contributed by atoms with Gasteiger partial charge in [0.2, 0.25) is 5.91 Å². The van der Waals surface area contributed by atoms with Crippen molar-refractivity contribution in [3.8, 4) is 22.4 Å². The van der Waals surface area contributed by atoms with E-state index in [2.05, 4.69) is 20.3 Å². The molecule has 0 saturated carbocycles. The number of hydrogen-bond donors (Lipinski definition) is 1. The Balaban J connectivity index is 1.90. The summed E-state index contributed by atoms with van der Waals surface area (Å²) in [6.07, 6.45) is 5.14. The number of fused-ring (bicyclic) bond motifs is 2. The topological polar surface area (TPSA) is 67.8 Å². The van der Waals surface area contributed by atoms with Gasteiger partial charge in [0, 0.05) is 53.1 Å². The zero-order valence-electron chi connectivity index (χ0n) is 16.6. The summed E-state index contributed by atoms with van der Waals surface area (Å²) >= 11 is 0. The van der Waals surface area contributed by atoms with E-state index in [-0.39, 0.29) is 11.7 Å². The fourth-order valence-corrected chi connectivity index (χ4v) is 3.82. The zero-order valence-corrected chi connectivity index (χ0v) is 16.6. The van der Waals surface area contributed by atoms with Crippen molar-refractivity contribution in [2.45, 2.75) is 6.92 Å². The van der Waals surface area contributed by atoms with Crippen LogP contribution in [0.3, 0.4) is 0 Å². The Morgan fingerprint density at radius 3 is 2.65 bits per heavy atom. The Labute approximate surface area is 177 Å². The molecule has 0 aliphatic rings. The summed E-state index contributed by atoms with van der Waals surface area (Å²) in [4.78, 5) is 25.2. The Morgan fingerprint density at radius 1 is 0.935 bits per heavy atom. The number of carbonyl (C=O) groups is 1. The number of pyridine rings is 3. The molecule has 5 nitrogen and oxygen atoms in total. The molecule has 0 saturated heterocycles. The first-order chi connectivity index (χ1) is 15.1. The maximum absolute atomic E-state index is 14.6. The molecular weight excluding hydrogens is 391 g/mol. The SMILES string of the molecule is CC(=O)Nc1ccc2cnccc2c1-c1cc(-c2ccccc2F)nc2ncccc12. The van der Waals surface area contributed by atoms with Crippen molar-refractivity contribution in [3.05, 3.63) is 85.1 Å². The van der Waals surface area contributed by atoms with Crippen LogP contribution in [0.5, 0.6) is 0 Å². The van der Waals surface area contributed by atoms with Gasteiger partial charge >= 0.3 is 0 Å². The van der Waals surface area contributed by atoms with Crippen molar-refractivity contribution in [3.63, 3.8) is 0 Å². The summed E-state index contributed by atoms with van der Waals surface area (Å²) in [5.41, 5.74) is 3.63. The van der Waals surface area contributed by atoms with Gasteiger partial charge in [0.15, 0.2) is 5.65 Å². The number of anilines is 1. The smallest absolute Gasteiger partial charge is 0.221 e. The Hall–Kier alpha value is -4.19. The molecule has 0 aliphatic carbocycles. The lowest BCUT2D eigenvalue weighted by Crippen LogP contribution is -2.07. The molecule has 2 aromatic carbocycles. The second-order valence-corrected chi connectivity index (χ2v) is 7.18. The van der Waals surface area contributed by atoms with Gasteiger partial charge in [-0.25, -0.2) is 14.4 Å². The molecule has 0 bridgehead atoms. The molecule has 0 radical (unpaired) electrons. The molecule has 0 spiro atoms. The highest BCUT2D eigenvalue weighted by molar-refractivity contribution is 6.11. The van der Waals surface area contributed by atoms with Gasteiger partial charge in [-0.2, -0.15) is 0 Å². The van der Waals surface area contributed by atoms with E-state index >= 15 is 0 Å². The van der Waals surface area contributed by atoms with E-state index in [1.807, 2.05) is 36.4 Å². The van der Waals surface area contributed by atoms with Gasteiger partial charge in [0.25, 0.3) is 0 Å². The largest absolute Gasteiger partial charge is 0.326 e. The van der Waals surface area contributed by atoms with Gasteiger partial charge in [-0.3, -0.25) is 9.78 Å². The van der Waals surface area contributed by atoms with Crippen LogP contribution in [0.25, 0.3) is 44.2 Å². The predicted molar refractivity (Wildman–Crippen MR) is 120 cm³/mol. The third-order valence-corrected chi connectivity index (χ3v) is 5.13. The van der Waals surface area contributed by atoms with E-state index < -0.39 is 0 Å². The van der Waals surface area contributed by atoms with E-state index in [1.165, 1.54) is 13.0 Å². The van der Waals surface area contributed by atoms with Crippen molar-refractivity contribution in [1.82, 2.24) is 15.0 Å². The van der Waals surface area contributed by atoms with Crippen LogP contribution < -0.4 is 5.32 Å². The molecule has 150 valence electrons. The van der Waals surface area contributed by atoms with E-state index in [9.17, 15) is 9.18 Å². The number of rotatable bonds is 3. The standard InChI is InChI=1S/C25H17FN4O/c1-15(31)29-22-9-8-16-14-27-12-10-17(16)24(22)20-13-23(19-5-2-3-7-21(19)26)30-25-18(20)6-4-11-28-25/h2-14H,1H3,(H,29,31). The average molecular weight is 408 g/mol. The Morgan fingerprint density at radius 2 is 1.81 bits per heavy atom. The first-order valence-electron chi connectivity index (χ1n) is 9.77. The Bertz CT molecular complexity index is 1470. The number of halogens is 1. The summed E-state index contributed by atoms with van der Waals surface area (Å²) in [5.74, 6) is -0.541. The van der Waals surface area contributed by atoms with E-state index in [1.54, 1.807) is 36.8 Å². The van der Waals surface area contributed by atoms with E-state index in [4.69, 9.17) is 0 Å². The predicted octanol–water partition coefficient (Wildman–Crippen LogP) is 5.61. The number of benzene rings is 2. The first kappa shape index (κ1) is 18.8. The summed E-state index contributed by atoms with van der Waals surface area (Å²) in [5, 5.41) is 5.57. The number of hydrogen-bond acceptors (Lipinski definition) is 4. The average Bonchev–Trinajstić information content (AvgIpc) is 2.78. The van der Waals surface area contributed by atoms with Crippen molar-refractivity contribution >= 4 is 33.4 Å². The lowest BCUT2D eigenvalue weighted by Gasteiger charge is -2.16. The molecule has 0 aliphatic heterocycles. The third-order valence-electron chi connectivity index (χ3n) is 5.13. The van der Waals surface area contributed by atoms with Crippen LogP contribution in [0.4, 0.5) is 10.1 Å². The number of aromatic nitrogens is 3. The second kappa shape index (κ2) is 7.57. The highest BCUT2D eigenvalue weighted by atomic mass is 19.1. The van der Waals surface area contributed by atoms with E-state index in [0.717, 1.165) is 27.3 Å². The molecule has 31 heavy (non-hydrogen) atoms. The fraction of sp³-hybridized carbons (Fsp3) is 0.0400. The maximum Gasteiger partial charge on any atom is 0.221 e. The summed E-state index contributed by atoms with van der Waals surface area (Å²) in [6.45, 7) is 1.47. The van der Waals surface area contributed by atoms with Crippen LogP contribution in [0, 0.1) is 5.82 Å². The minimum atomic E-state index is -0.361. The lowest BCUT2D eigenvalue weighted by atomic mass is 9.94. The van der Waals surface area contributed by atoms with Crippen LogP contribution in [0.2, 0.25) is 0 Å². The lowest BCUT2D eigenvalue weighted by molar-refractivity contribution is -0.114. The number of nitrogens with zero attached hydrogens (tertiary/aromatic N) is 3. The maximum atomic E-state index is 14.6. The molecule has 0 fully saturated rings. The third kappa shape index (κ3) is 3.38. The minimum Gasteiger partial charge on any atom is -0.326 e. The molecule has 6 heteroatoms. The molecule has 1 amide bonds. The normalized spacial score (nSPS) is 11.0. The molecular formula is C25H17FN4O. The Kier molecular flexibility index (Phi) is 4.59. The van der Waals surface area contributed by atoms with Crippen LogP contribution in [0.1, 0.15) is 6.92 Å². The van der Waals surface area contributed by atoms with Crippen molar-refractivity contribution in [2.75, 3.05) is 5.32 Å². The number of nitrogens with one attached hydrogen (secondary N) is 1. The summed E-state index contributed by atoms with van der Waals surface area (Å²) in [7, 11) is 0. The minimum absolute atomic E-state index is 0.180. The highest BCUT2D eigenvalue weighted by Gasteiger charge is 2.18. The molecule has 1 N–H and O–H groups in total. The van der Waals surface area contributed by atoms with E-state index in [0.29, 0.717) is 22.6 Å². The van der Waals surface area contributed by atoms with Crippen molar-refractivity contribution < 1.29 is 9.18 Å². The molecule has 0 unspecified atom stereocenters. The molecule has 0 atom stereocenters. The van der Waals surface area contributed by atoms with Crippen LogP contribution >= 0.6 is 0 Å². The summed E-state index contributed by atoms with van der Waals surface area (Å²) in [6, 6.07) is 17.8. The number of carbonyl (C=O) groups excluding carboxylic acids is 1. The molecule has 3 aromatic heterocycles. The quantitative estimate of drug-likeness (QED) is 0.421. The van der Waals surface area contributed by atoms with Gasteiger partial charge in [-0.1, -0.05) is 18.2 Å². The highest BCUT2D eigenvalue weighted by Crippen LogP contribution is 2.40. The number of amides is 1. The van der Waals surface area contributed by atoms with Gasteiger partial charge in [-0.05, 0) is 53.4 Å². The second-order valence-electron chi connectivity index (χ2n) is 7.18. The van der Waals surface area contributed by atoms with Crippen LogP contribution in [-0.4, -0.2) is 20.9 Å². The van der Waals surface area contributed by atoms with Gasteiger partial charge < -0.3 is 5.32 Å². The zero-order chi connectivity index (χ0) is 21.4. The fourth-order valence-electron chi connectivity index (χ4n) is 3.82. The van der Waals surface area contributed by atoms with Gasteiger partial charge in [0.1, 0.15) is 5.82 Å². The van der Waals surface area contributed by atoms with Gasteiger partial charge in [-0.15, -0.1) is 0 Å². The monoisotopic (exact) mass is 408 g/mol. The van der Waals surface area contributed by atoms with Crippen LogP contribution in [0.15, 0.2) is 79.3 Å². The van der Waals surface area contributed by atoms with Crippen LogP contribution in [-0.2, 0) is 4.79 Å². The molecule has 3 heterocycles.